The van der Waals surface area contributed by atoms with Crippen LogP contribution in [0.3, 0.4) is 0 Å². The Morgan fingerprint density at radius 3 is 2.43 bits per heavy atom. The number of alkyl halides is 3. The number of benzene rings is 1. The molecule has 1 heterocycles. The summed E-state index contributed by atoms with van der Waals surface area (Å²) in [5.41, 5.74) is -2.73. The second-order valence-corrected chi connectivity index (χ2v) is 6.20. The number of ether oxygens (including phenoxy) is 2. The van der Waals surface area contributed by atoms with Crippen molar-refractivity contribution in [2.75, 3.05) is 6.61 Å². The van der Waals surface area contributed by atoms with Gasteiger partial charge >= 0.3 is 18.2 Å². The van der Waals surface area contributed by atoms with Gasteiger partial charge in [0.05, 0.1) is 6.61 Å². The van der Waals surface area contributed by atoms with E-state index in [4.69, 9.17) is 4.74 Å². The molecule has 1 amide bonds. The second kappa shape index (κ2) is 9.28. The monoisotopic (exact) mass is 411 g/mol. The lowest BCUT2D eigenvalue weighted by molar-refractivity contribution is -0.198. The van der Waals surface area contributed by atoms with Crippen LogP contribution in [0.1, 0.15) is 18.1 Å². The summed E-state index contributed by atoms with van der Waals surface area (Å²) in [7, 11) is 0. The molecule has 2 rings (SSSR count). The van der Waals surface area contributed by atoms with E-state index in [2.05, 4.69) is 10.7 Å². The smallest absolute Gasteiger partial charge is 0.434 e. The van der Waals surface area contributed by atoms with Crippen LogP contribution < -0.4 is 5.32 Å². The van der Waals surface area contributed by atoms with Crippen molar-refractivity contribution >= 4 is 23.4 Å². The zero-order valence-electron chi connectivity index (χ0n) is 14.7. The minimum Gasteiger partial charge on any atom is -0.463 e. The molecule has 0 aliphatic carbocycles. The van der Waals surface area contributed by atoms with Crippen molar-refractivity contribution in [2.24, 2.45) is 0 Å². The molecule has 2 aromatic rings. The minimum atomic E-state index is -5.24. The summed E-state index contributed by atoms with van der Waals surface area (Å²) in [6.07, 6.45) is -6.69. The molecule has 1 atom stereocenters. The molecule has 1 N–H and O–H groups in total. The fourth-order valence-corrected chi connectivity index (χ4v) is 2.63. The maximum atomic E-state index is 13.8. The molecule has 28 heavy (non-hydrogen) atoms. The summed E-state index contributed by atoms with van der Waals surface area (Å²) in [6, 6.07) is 9.85. The fourth-order valence-electron chi connectivity index (χ4n) is 2.04. The number of nitrogens with one attached hydrogen (secondary N) is 1. The van der Waals surface area contributed by atoms with E-state index in [1.165, 1.54) is 29.7 Å². The standard InChI is InChI=1S/C19H16F3NO4S/c1-2-26-16(24)18(19(20,21)22,10-8-15-9-11-28-13-15)23-17(25)27-12-14-6-4-3-5-7-14/h3-7,9,11,13H,2,12H2,1H3,(H,23,25)/t18-/m0/s1. The highest BCUT2D eigenvalue weighted by Gasteiger charge is 2.63. The van der Waals surface area contributed by atoms with Gasteiger partial charge in [-0.1, -0.05) is 36.3 Å². The topological polar surface area (TPSA) is 64.6 Å². The molecule has 0 saturated carbocycles. The predicted molar refractivity (Wildman–Crippen MR) is 96.4 cm³/mol. The van der Waals surface area contributed by atoms with Gasteiger partial charge in [-0.2, -0.15) is 24.5 Å². The average Bonchev–Trinajstić information content (AvgIpc) is 3.17. The second-order valence-electron chi connectivity index (χ2n) is 5.42. The van der Waals surface area contributed by atoms with E-state index in [1.807, 2.05) is 5.92 Å². The van der Waals surface area contributed by atoms with E-state index in [9.17, 15) is 22.8 Å². The third-order valence-corrected chi connectivity index (χ3v) is 4.11. The number of alkyl carbamates (subject to hydrolysis) is 1. The normalized spacial score (nSPS) is 12.9. The molecule has 0 unspecified atom stereocenters. The van der Waals surface area contributed by atoms with E-state index in [1.54, 1.807) is 41.0 Å². The predicted octanol–water partition coefficient (Wildman–Crippen LogP) is 3.89. The van der Waals surface area contributed by atoms with Crippen molar-refractivity contribution in [3.63, 3.8) is 0 Å². The van der Waals surface area contributed by atoms with Crippen molar-refractivity contribution in [1.29, 1.82) is 0 Å². The van der Waals surface area contributed by atoms with Crippen LogP contribution in [0.15, 0.2) is 47.2 Å². The van der Waals surface area contributed by atoms with Gasteiger partial charge in [0.2, 0.25) is 0 Å². The van der Waals surface area contributed by atoms with E-state index < -0.39 is 23.8 Å². The number of carbonyl (C=O) groups excluding carboxylic acids is 2. The van der Waals surface area contributed by atoms with Crippen molar-refractivity contribution in [2.45, 2.75) is 25.2 Å². The lowest BCUT2D eigenvalue weighted by Crippen LogP contribution is -2.63. The SMILES string of the molecule is CCOC(=O)[C@](C#Cc1ccsc1)(NC(=O)OCc1ccccc1)C(F)(F)F. The molecule has 0 saturated heterocycles. The first-order valence-electron chi connectivity index (χ1n) is 8.06. The number of esters is 1. The van der Waals surface area contributed by atoms with E-state index in [0.717, 1.165) is 0 Å². The highest BCUT2D eigenvalue weighted by Crippen LogP contribution is 2.32. The van der Waals surface area contributed by atoms with Crippen LogP contribution in [0.25, 0.3) is 0 Å². The maximum Gasteiger partial charge on any atom is 0.434 e. The minimum absolute atomic E-state index is 0.266. The average molecular weight is 411 g/mol. The van der Waals surface area contributed by atoms with Crippen LogP contribution in [0.2, 0.25) is 0 Å². The highest BCUT2D eigenvalue weighted by molar-refractivity contribution is 7.08. The van der Waals surface area contributed by atoms with Gasteiger partial charge in [0.1, 0.15) is 6.61 Å². The molecule has 1 aromatic carbocycles. The fraction of sp³-hybridized carbons (Fsp3) is 0.263. The Kier molecular flexibility index (Phi) is 7.06. The molecule has 5 nitrogen and oxygen atoms in total. The number of amides is 1. The number of carbonyl (C=O) groups is 2. The van der Waals surface area contributed by atoms with Crippen LogP contribution in [0, 0.1) is 11.8 Å². The van der Waals surface area contributed by atoms with Gasteiger partial charge in [0, 0.05) is 10.9 Å². The highest BCUT2D eigenvalue weighted by atomic mass is 32.1. The molecule has 0 aliphatic rings. The summed E-state index contributed by atoms with van der Waals surface area (Å²) in [6.45, 7) is 0.748. The van der Waals surface area contributed by atoms with Gasteiger partial charge in [-0.3, -0.25) is 5.32 Å². The van der Waals surface area contributed by atoms with Crippen LogP contribution >= 0.6 is 11.3 Å². The molecule has 0 bridgehead atoms. The number of thiophene rings is 1. The zero-order chi connectivity index (χ0) is 20.6. The van der Waals surface area contributed by atoms with Crippen molar-refractivity contribution in [1.82, 2.24) is 5.32 Å². The summed E-state index contributed by atoms with van der Waals surface area (Å²) >= 11 is 1.22. The van der Waals surface area contributed by atoms with Gasteiger partial charge in [-0.15, -0.1) is 0 Å². The number of hydrogen-bond acceptors (Lipinski definition) is 5. The van der Waals surface area contributed by atoms with Crippen molar-refractivity contribution in [3.8, 4) is 11.8 Å². The lowest BCUT2D eigenvalue weighted by Gasteiger charge is -2.29. The third-order valence-electron chi connectivity index (χ3n) is 3.42. The molecule has 9 heteroatoms. The van der Waals surface area contributed by atoms with Gasteiger partial charge in [0.25, 0.3) is 5.54 Å². The van der Waals surface area contributed by atoms with Gasteiger partial charge in [-0.05, 0) is 29.9 Å². The van der Waals surface area contributed by atoms with Crippen molar-refractivity contribution < 1.29 is 32.2 Å². The first-order valence-corrected chi connectivity index (χ1v) is 9.01. The first-order chi connectivity index (χ1) is 13.3. The van der Waals surface area contributed by atoms with Crippen LogP contribution in [0.5, 0.6) is 0 Å². The summed E-state index contributed by atoms with van der Waals surface area (Å²) in [5, 5.41) is 4.68. The number of hydrogen-bond donors (Lipinski definition) is 1. The Hall–Kier alpha value is -2.99. The summed E-state index contributed by atoms with van der Waals surface area (Å²) in [5.74, 6) is 2.36. The molecule has 0 aliphatic heterocycles. The van der Waals surface area contributed by atoms with Crippen LogP contribution in [-0.4, -0.2) is 30.4 Å². The molecule has 148 valence electrons. The molecule has 0 radical (unpaired) electrons. The Labute approximate surface area is 163 Å². The largest absolute Gasteiger partial charge is 0.463 e. The summed E-state index contributed by atoms with van der Waals surface area (Å²) in [4.78, 5) is 24.2. The molecular weight excluding hydrogens is 395 g/mol. The number of halogens is 3. The molecule has 0 spiro atoms. The van der Waals surface area contributed by atoms with Gasteiger partial charge in [-0.25, -0.2) is 9.59 Å². The Bertz CT molecular complexity index is 857. The molecule has 1 aromatic heterocycles. The molecule has 0 fully saturated rings. The van der Waals surface area contributed by atoms with Gasteiger partial charge in [0.15, 0.2) is 0 Å². The Balaban J connectivity index is 2.30. The molecular formula is C19H16F3NO4S. The maximum absolute atomic E-state index is 13.8. The summed E-state index contributed by atoms with van der Waals surface area (Å²) < 4.78 is 50.8. The lowest BCUT2D eigenvalue weighted by atomic mass is 9.99. The van der Waals surface area contributed by atoms with E-state index >= 15 is 0 Å². The van der Waals surface area contributed by atoms with Gasteiger partial charge < -0.3 is 9.47 Å². The van der Waals surface area contributed by atoms with E-state index in [-0.39, 0.29) is 18.8 Å². The van der Waals surface area contributed by atoms with Crippen LogP contribution in [0.4, 0.5) is 18.0 Å². The first kappa shape index (κ1) is 21.3. The van der Waals surface area contributed by atoms with E-state index in [0.29, 0.717) is 5.56 Å². The quantitative estimate of drug-likeness (QED) is 0.599. The third kappa shape index (κ3) is 5.27. The van der Waals surface area contributed by atoms with Crippen LogP contribution in [-0.2, 0) is 20.9 Å². The Morgan fingerprint density at radius 2 is 1.86 bits per heavy atom. The Morgan fingerprint density at radius 1 is 1.14 bits per heavy atom. The zero-order valence-corrected chi connectivity index (χ0v) is 15.5. The number of rotatable bonds is 5. The van der Waals surface area contributed by atoms with Crippen molar-refractivity contribution in [3.05, 3.63) is 58.3 Å².